The molecule has 0 fully saturated rings. The van der Waals surface area contributed by atoms with E-state index in [0.717, 1.165) is 26.0 Å². The monoisotopic (exact) mass is 544 g/mol. The zero-order valence-electron chi connectivity index (χ0n) is 21.5. The molecule has 6 rings (SSSR count). The van der Waals surface area contributed by atoms with Crippen molar-refractivity contribution in [1.82, 2.24) is 14.0 Å². The first-order valence-corrected chi connectivity index (χ1v) is 12.9. The number of carbonyl (C=O) groups excluding carboxylic acids is 1. The van der Waals surface area contributed by atoms with Gasteiger partial charge in [0.05, 0.1) is 17.1 Å². The molecule has 3 aromatic heterocycles. The number of aromatic amines is 1. The third-order valence-electron chi connectivity index (χ3n) is 7.94. The predicted molar refractivity (Wildman–Crippen MR) is 146 cm³/mol. The number of nitrogens with two attached hydrogens (primary N) is 1. The number of halogens is 2. The smallest absolute Gasteiger partial charge is 0.340 e. The zero-order valence-corrected chi connectivity index (χ0v) is 21.5. The van der Waals surface area contributed by atoms with E-state index in [1.54, 1.807) is 25.1 Å². The molecule has 0 spiro atoms. The highest BCUT2D eigenvalue weighted by molar-refractivity contribution is 5.91. The lowest BCUT2D eigenvalue weighted by Crippen LogP contribution is -2.37. The number of alkyl halides is 1. The highest BCUT2D eigenvalue weighted by Gasteiger charge is 2.41. The second kappa shape index (κ2) is 9.56. The molecule has 3 atom stereocenters. The fourth-order valence-electron chi connectivity index (χ4n) is 6.08. The molecule has 0 saturated heterocycles. The molecule has 8 nitrogen and oxygen atoms in total. The Morgan fingerprint density at radius 3 is 2.70 bits per heavy atom. The number of pyridine rings is 1. The first-order valence-electron chi connectivity index (χ1n) is 12.9. The van der Waals surface area contributed by atoms with Crippen LogP contribution < -0.4 is 17.0 Å². The number of fused-ring (bicyclic) bond motifs is 4. The number of aliphatic hydroxyl groups excluding tert-OH is 1. The number of amides is 1. The van der Waals surface area contributed by atoms with Gasteiger partial charge in [-0.25, -0.2) is 18.1 Å². The van der Waals surface area contributed by atoms with E-state index in [0.29, 0.717) is 34.3 Å². The molecule has 204 valence electrons. The minimum atomic E-state index is -1.49. The van der Waals surface area contributed by atoms with Gasteiger partial charge in [0.1, 0.15) is 12.0 Å². The van der Waals surface area contributed by atoms with Crippen LogP contribution in [0.1, 0.15) is 46.2 Å². The van der Waals surface area contributed by atoms with E-state index in [9.17, 15) is 23.9 Å². The van der Waals surface area contributed by atoms with Crippen molar-refractivity contribution < 1.29 is 18.7 Å². The van der Waals surface area contributed by atoms with Crippen LogP contribution in [0.3, 0.4) is 0 Å². The van der Waals surface area contributed by atoms with Crippen molar-refractivity contribution in [2.24, 2.45) is 5.73 Å². The standard InChI is InChI=1S/C30H26F2N4O4/c1-15-17(4-2-6-23(15)36-25(38)14-24-20(31)5-3-10-35(24)30(36)40)26-21(32)13-19(29(33)39)28-27(26)18-8-7-16(9-11-37)12-22(18)34-28/h2-8,10,12,14,19,21,26,34,37H,9,11,13H2,1H3,(H2,33,39)/t19-,21+,26+/m0/s1. The van der Waals surface area contributed by atoms with Gasteiger partial charge in [0, 0.05) is 41.4 Å². The van der Waals surface area contributed by atoms with E-state index < -0.39 is 41.0 Å². The Hall–Kier alpha value is -4.57. The Morgan fingerprint density at radius 1 is 1.15 bits per heavy atom. The van der Waals surface area contributed by atoms with Crippen molar-refractivity contribution in [2.75, 3.05) is 6.61 Å². The zero-order chi connectivity index (χ0) is 28.3. The molecular formula is C30H26F2N4O4. The van der Waals surface area contributed by atoms with Gasteiger partial charge >= 0.3 is 5.69 Å². The van der Waals surface area contributed by atoms with Crippen LogP contribution >= 0.6 is 0 Å². The van der Waals surface area contributed by atoms with Crippen molar-refractivity contribution in [1.29, 1.82) is 0 Å². The quantitative estimate of drug-likeness (QED) is 0.314. The number of aromatic nitrogens is 3. The van der Waals surface area contributed by atoms with Crippen LogP contribution in [0.5, 0.6) is 0 Å². The van der Waals surface area contributed by atoms with E-state index in [1.165, 1.54) is 18.3 Å². The lowest BCUT2D eigenvalue weighted by molar-refractivity contribution is -0.120. The van der Waals surface area contributed by atoms with Gasteiger partial charge in [0.25, 0.3) is 5.56 Å². The Labute approximate surface area is 226 Å². The maximum atomic E-state index is 16.1. The maximum absolute atomic E-state index is 16.1. The second-order valence-corrected chi connectivity index (χ2v) is 10.2. The van der Waals surface area contributed by atoms with Gasteiger partial charge in [0.2, 0.25) is 5.91 Å². The number of nitrogens with zero attached hydrogens (tertiary/aromatic N) is 2. The first-order chi connectivity index (χ1) is 19.2. The fraction of sp³-hybridized carbons (Fsp3) is 0.233. The minimum absolute atomic E-state index is 0.0300. The van der Waals surface area contributed by atoms with E-state index in [4.69, 9.17) is 5.73 Å². The summed E-state index contributed by atoms with van der Waals surface area (Å²) < 4.78 is 32.4. The molecule has 0 saturated carbocycles. The number of hydrogen-bond acceptors (Lipinski definition) is 4. The van der Waals surface area contributed by atoms with Crippen LogP contribution in [-0.4, -0.2) is 37.7 Å². The molecule has 0 bridgehead atoms. The van der Waals surface area contributed by atoms with Crippen LogP contribution in [0.2, 0.25) is 0 Å². The van der Waals surface area contributed by atoms with Gasteiger partial charge in [-0.05, 0) is 66.3 Å². The third kappa shape index (κ3) is 3.86. The predicted octanol–water partition coefficient (Wildman–Crippen LogP) is 3.36. The molecule has 2 aromatic carbocycles. The van der Waals surface area contributed by atoms with Gasteiger partial charge < -0.3 is 15.8 Å². The first kappa shape index (κ1) is 25.7. The van der Waals surface area contributed by atoms with Gasteiger partial charge in [-0.15, -0.1) is 0 Å². The summed E-state index contributed by atoms with van der Waals surface area (Å²) in [5.41, 5.74) is 8.09. The van der Waals surface area contributed by atoms with E-state index in [1.807, 2.05) is 18.2 Å². The molecule has 3 heterocycles. The van der Waals surface area contributed by atoms with Gasteiger partial charge in [-0.2, -0.15) is 0 Å². The second-order valence-electron chi connectivity index (χ2n) is 10.2. The lowest BCUT2D eigenvalue weighted by Gasteiger charge is -2.32. The number of carbonyl (C=O) groups is 1. The average molecular weight is 545 g/mol. The molecule has 0 aliphatic heterocycles. The van der Waals surface area contributed by atoms with Crippen LogP contribution in [0, 0.1) is 12.7 Å². The molecule has 1 aliphatic carbocycles. The summed E-state index contributed by atoms with van der Waals surface area (Å²) in [6, 6.07) is 14.1. The maximum Gasteiger partial charge on any atom is 0.340 e. The normalized spacial score (nSPS) is 18.8. The van der Waals surface area contributed by atoms with Crippen LogP contribution in [0.25, 0.3) is 22.1 Å². The number of nitrogens with one attached hydrogen (secondary N) is 1. The van der Waals surface area contributed by atoms with E-state index in [-0.39, 0.29) is 24.2 Å². The van der Waals surface area contributed by atoms with Crippen molar-refractivity contribution in [3.63, 3.8) is 0 Å². The summed E-state index contributed by atoms with van der Waals surface area (Å²) in [7, 11) is 0. The van der Waals surface area contributed by atoms with Crippen LogP contribution in [-0.2, 0) is 11.2 Å². The highest BCUT2D eigenvalue weighted by atomic mass is 19.1. The summed E-state index contributed by atoms with van der Waals surface area (Å²) in [6.07, 6.45) is 0.195. The van der Waals surface area contributed by atoms with Crippen molar-refractivity contribution in [2.45, 2.75) is 37.8 Å². The Bertz CT molecular complexity index is 1940. The third-order valence-corrected chi connectivity index (χ3v) is 7.94. The molecule has 10 heteroatoms. The molecule has 40 heavy (non-hydrogen) atoms. The summed E-state index contributed by atoms with van der Waals surface area (Å²) in [4.78, 5) is 42.1. The number of aliphatic hydroxyl groups is 1. The number of primary amides is 1. The van der Waals surface area contributed by atoms with Crippen LogP contribution in [0.15, 0.2) is 70.4 Å². The van der Waals surface area contributed by atoms with E-state index >= 15 is 4.39 Å². The van der Waals surface area contributed by atoms with Crippen molar-refractivity contribution in [3.05, 3.63) is 115 Å². The lowest BCUT2D eigenvalue weighted by atomic mass is 9.73. The summed E-state index contributed by atoms with van der Waals surface area (Å²) in [6.45, 7) is 1.68. The summed E-state index contributed by atoms with van der Waals surface area (Å²) >= 11 is 0. The fourth-order valence-corrected chi connectivity index (χ4v) is 6.08. The Balaban J connectivity index is 1.58. The van der Waals surface area contributed by atoms with Gasteiger partial charge in [-0.1, -0.05) is 24.3 Å². The average Bonchev–Trinajstić information content (AvgIpc) is 3.29. The molecule has 1 amide bonds. The van der Waals surface area contributed by atoms with Crippen LogP contribution in [0.4, 0.5) is 8.78 Å². The topological polar surface area (TPSA) is 123 Å². The molecule has 4 N–H and O–H groups in total. The molecule has 0 unspecified atom stereocenters. The minimum Gasteiger partial charge on any atom is -0.396 e. The SMILES string of the molecule is Cc1c([C@H]2c3c([nH]c4cc(CCO)ccc34)[C@@H](C(N)=O)C[C@H]2F)cccc1-n1c(=O)cc2c(F)cccn2c1=O. The number of hydrogen-bond donors (Lipinski definition) is 3. The summed E-state index contributed by atoms with van der Waals surface area (Å²) in [5, 5.41) is 10.1. The largest absolute Gasteiger partial charge is 0.396 e. The molecular weight excluding hydrogens is 518 g/mol. The number of H-pyrrole nitrogens is 1. The van der Waals surface area contributed by atoms with Gasteiger partial charge in [-0.3, -0.25) is 14.0 Å². The Kier molecular flexibility index (Phi) is 6.14. The number of benzene rings is 2. The summed E-state index contributed by atoms with van der Waals surface area (Å²) in [5.74, 6) is -3.02. The molecule has 5 aromatic rings. The van der Waals surface area contributed by atoms with Crippen molar-refractivity contribution in [3.8, 4) is 5.69 Å². The van der Waals surface area contributed by atoms with Gasteiger partial charge in [0.15, 0.2) is 0 Å². The molecule has 0 radical (unpaired) electrons. The highest BCUT2D eigenvalue weighted by Crippen LogP contribution is 2.48. The van der Waals surface area contributed by atoms with Crippen molar-refractivity contribution >= 4 is 22.3 Å². The Morgan fingerprint density at radius 2 is 1.95 bits per heavy atom. The molecule has 1 aliphatic rings. The van der Waals surface area contributed by atoms with E-state index in [2.05, 4.69) is 4.98 Å². The number of rotatable bonds is 5.